The SMILES string of the molecule is CCC/C=C/C(O)C(COP(=O)([O-])OCC[N+](C)(C)C)NC(=O)CCCCCCC/C=C\C/C=C\CCCC. The molecule has 228 valence electrons. The van der Waals surface area contributed by atoms with E-state index in [9.17, 15) is 19.4 Å². The molecular formula is C30H57N2O6P. The van der Waals surface area contributed by atoms with Crippen molar-refractivity contribution in [3.63, 3.8) is 0 Å². The molecule has 2 N–H and O–H groups in total. The van der Waals surface area contributed by atoms with Gasteiger partial charge in [-0.1, -0.05) is 88.8 Å². The Morgan fingerprint density at radius 3 is 2.18 bits per heavy atom. The van der Waals surface area contributed by atoms with Crippen LogP contribution in [0, 0.1) is 0 Å². The molecule has 0 saturated carbocycles. The second-order valence-electron chi connectivity index (χ2n) is 11.1. The van der Waals surface area contributed by atoms with Crippen LogP contribution in [0.5, 0.6) is 0 Å². The summed E-state index contributed by atoms with van der Waals surface area (Å²) < 4.78 is 22.7. The van der Waals surface area contributed by atoms with Gasteiger partial charge < -0.3 is 28.8 Å². The monoisotopic (exact) mass is 572 g/mol. The molecule has 0 rings (SSSR count). The molecule has 3 atom stereocenters. The van der Waals surface area contributed by atoms with Crippen LogP contribution in [-0.2, 0) is 18.4 Å². The first kappa shape index (κ1) is 37.7. The number of phosphoric acid groups is 1. The highest BCUT2D eigenvalue weighted by molar-refractivity contribution is 7.45. The van der Waals surface area contributed by atoms with Crippen LogP contribution in [0.15, 0.2) is 36.5 Å². The van der Waals surface area contributed by atoms with Crippen molar-refractivity contribution in [1.82, 2.24) is 5.32 Å². The largest absolute Gasteiger partial charge is 0.756 e. The van der Waals surface area contributed by atoms with E-state index in [1.165, 1.54) is 19.3 Å². The number of nitrogens with one attached hydrogen (secondary N) is 1. The fourth-order valence-corrected chi connectivity index (χ4v) is 4.31. The number of carbonyl (C=O) groups excluding carboxylic acids is 1. The van der Waals surface area contributed by atoms with Crippen molar-refractivity contribution < 1.29 is 32.9 Å². The predicted molar refractivity (Wildman–Crippen MR) is 159 cm³/mol. The van der Waals surface area contributed by atoms with E-state index in [0.717, 1.165) is 57.8 Å². The maximum absolute atomic E-state index is 12.5. The van der Waals surface area contributed by atoms with Crippen molar-refractivity contribution in [3.05, 3.63) is 36.5 Å². The van der Waals surface area contributed by atoms with Crippen molar-refractivity contribution in [2.75, 3.05) is 40.9 Å². The number of phosphoric ester groups is 1. The van der Waals surface area contributed by atoms with Crippen molar-refractivity contribution in [2.24, 2.45) is 0 Å². The molecule has 0 aliphatic rings. The average Bonchev–Trinajstić information content (AvgIpc) is 2.85. The number of amides is 1. The summed E-state index contributed by atoms with van der Waals surface area (Å²) in [4.78, 5) is 24.7. The van der Waals surface area contributed by atoms with Gasteiger partial charge in [0.25, 0.3) is 7.82 Å². The van der Waals surface area contributed by atoms with Gasteiger partial charge in [0.15, 0.2) is 0 Å². The first-order chi connectivity index (χ1) is 18.5. The normalized spacial score (nSPS) is 15.8. The molecule has 0 fully saturated rings. The quantitative estimate of drug-likeness (QED) is 0.0618. The van der Waals surface area contributed by atoms with Crippen LogP contribution in [0.25, 0.3) is 0 Å². The van der Waals surface area contributed by atoms with Gasteiger partial charge in [-0.3, -0.25) is 9.36 Å². The van der Waals surface area contributed by atoms with Gasteiger partial charge in [0.05, 0.1) is 39.9 Å². The molecule has 0 radical (unpaired) electrons. The number of unbranched alkanes of at least 4 members (excludes halogenated alkanes) is 8. The highest BCUT2D eigenvalue weighted by Crippen LogP contribution is 2.38. The molecule has 0 aromatic heterocycles. The number of aliphatic hydroxyl groups is 1. The minimum Gasteiger partial charge on any atom is -0.756 e. The number of hydrogen-bond donors (Lipinski definition) is 2. The second kappa shape index (κ2) is 23.4. The van der Waals surface area contributed by atoms with Gasteiger partial charge in [0, 0.05) is 6.42 Å². The van der Waals surface area contributed by atoms with Gasteiger partial charge in [0.1, 0.15) is 13.2 Å². The molecule has 8 nitrogen and oxygen atoms in total. The highest BCUT2D eigenvalue weighted by atomic mass is 31.2. The fourth-order valence-electron chi connectivity index (χ4n) is 3.58. The molecule has 0 aliphatic carbocycles. The van der Waals surface area contributed by atoms with Crippen molar-refractivity contribution in [2.45, 2.75) is 109 Å². The Morgan fingerprint density at radius 1 is 0.897 bits per heavy atom. The molecule has 0 spiro atoms. The van der Waals surface area contributed by atoms with Crippen LogP contribution in [0.4, 0.5) is 0 Å². The maximum atomic E-state index is 12.5. The zero-order valence-corrected chi connectivity index (χ0v) is 26.2. The molecule has 39 heavy (non-hydrogen) atoms. The summed E-state index contributed by atoms with van der Waals surface area (Å²) in [5.41, 5.74) is 0. The minimum atomic E-state index is -4.55. The molecule has 1 amide bonds. The zero-order valence-electron chi connectivity index (χ0n) is 25.3. The Labute approximate surface area is 238 Å². The summed E-state index contributed by atoms with van der Waals surface area (Å²) in [5.74, 6) is -0.229. The Morgan fingerprint density at radius 2 is 1.54 bits per heavy atom. The van der Waals surface area contributed by atoms with Crippen LogP contribution >= 0.6 is 7.82 Å². The first-order valence-corrected chi connectivity index (χ1v) is 16.3. The minimum absolute atomic E-state index is 0.00693. The molecule has 0 aromatic rings. The number of nitrogens with zero attached hydrogens (tertiary/aromatic N) is 1. The van der Waals surface area contributed by atoms with Crippen LogP contribution in [-0.4, -0.2) is 68.5 Å². The third-order valence-electron chi connectivity index (χ3n) is 6.08. The molecule has 0 aromatic carbocycles. The van der Waals surface area contributed by atoms with E-state index in [-0.39, 0.29) is 12.5 Å². The lowest BCUT2D eigenvalue weighted by atomic mass is 10.1. The number of rotatable bonds is 25. The Bertz CT molecular complexity index is 748. The lowest BCUT2D eigenvalue weighted by Crippen LogP contribution is -2.45. The third-order valence-corrected chi connectivity index (χ3v) is 7.04. The van der Waals surface area contributed by atoms with E-state index in [0.29, 0.717) is 17.4 Å². The van der Waals surface area contributed by atoms with E-state index >= 15 is 0 Å². The number of likely N-dealkylation sites (N-methyl/N-ethyl adjacent to an activating group) is 1. The van der Waals surface area contributed by atoms with Gasteiger partial charge in [0.2, 0.25) is 5.91 Å². The average molecular weight is 573 g/mol. The molecule has 0 aliphatic heterocycles. The summed E-state index contributed by atoms with van der Waals surface area (Å²) in [5, 5.41) is 13.3. The summed E-state index contributed by atoms with van der Waals surface area (Å²) in [6.07, 6.45) is 24.1. The van der Waals surface area contributed by atoms with Gasteiger partial charge in [-0.25, -0.2) is 0 Å². The van der Waals surface area contributed by atoms with Crippen molar-refractivity contribution in [3.8, 4) is 0 Å². The van der Waals surface area contributed by atoms with E-state index in [2.05, 4.69) is 36.5 Å². The topological polar surface area (TPSA) is 108 Å². The van der Waals surface area contributed by atoms with Crippen LogP contribution in [0.1, 0.15) is 97.3 Å². The van der Waals surface area contributed by atoms with E-state index in [1.54, 1.807) is 6.08 Å². The van der Waals surface area contributed by atoms with E-state index in [4.69, 9.17) is 9.05 Å². The zero-order chi connectivity index (χ0) is 29.4. The molecule has 0 heterocycles. The first-order valence-electron chi connectivity index (χ1n) is 14.9. The molecule has 9 heteroatoms. The highest BCUT2D eigenvalue weighted by Gasteiger charge is 2.23. The van der Waals surface area contributed by atoms with Crippen molar-refractivity contribution in [1.29, 1.82) is 0 Å². The Kier molecular flexibility index (Phi) is 22.7. The Balaban J connectivity index is 4.38. The number of carbonyl (C=O) groups is 1. The van der Waals surface area contributed by atoms with Gasteiger partial charge in [-0.2, -0.15) is 0 Å². The number of allylic oxidation sites excluding steroid dienone is 5. The smallest absolute Gasteiger partial charge is 0.268 e. The van der Waals surface area contributed by atoms with Crippen LogP contribution < -0.4 is 10.2 Å². The van der Waals surface area contributed by atoms with E-state index in [1.807, 2.05) is 34.1 Å². The second-order valence-corrected chi connectivity index (χ2v) is 12.5. The predicted octanol–water partition coefficient (Wildman–Crippen LogP) is 5.82. The summed E-state index contributed by atoms with van der Waals surface area (Å²) in [6.45, 7) is 4.32. The van der Waals surface area contributed by atoms with Gasteiger partial charge in [-0.15, -0.1) is 0 Å². The van der Waals surface area contributed by atoms with Crippen molar-refractivity contribution >= 4 is 13.7 Å². The maximum Gasteiger partial charge on any atom is 0.268 e. The summed E-state index contributed by atoms with van der Waals surface area (Å²) in [6, 6.07) is -0.886. The molecule has 0 bridgehead atoms. The fraction of sp³-hybridized carbons (Fsp3) is 0.767. The summed E-state index contributed by atoms with van der Waals surface area (Å²) in [7, 11) is 1.23. The lowest BCUT2D eigenvalue weighted by molar-refractivity contribution is -0.870. The van der Waals surface area contributed by atoms with Gasteiger partial charge >= 0.3 is 0 Å². The number of hydrogen-bond acceptors (Lipinski definition) is 6. The molecule has 3 unspecified atom stereocenters. The molecule has 0 saturated heterocycles. The van der Waals surface area contributed by atoms with Gasteiger partial charge in [-0.05, 0) is 38.5 Å². The van der Waals surface area contributed by atoms with Crippen LogP contribution in [0.3, 0.4) is 0 Å². The Hall–Kier alpha value is -1.28. The van der Waals surface area contributed by atoms with Crippen LogP contribution in [0.2, 0.25) is 0 Å². The number of quaternary nitrogens is 1. The van der Waals surface area contributed by atoms with E-state index < -0.39 is 26.6 Å². The lowest BCUT2D eigenvalue weighted by Gasteiger charge is -2.29. The number of aliphatic hydroxyl groups excluding tert-OH is 1. The molecular weight excluding hydrogens is 515 g/mol. The standard InChI is InChI=1S/C30H57N2O6P/c1-6-8-10-11-12-13-14-15-16-17-18-19-20-22-24-30(34)31-28(29(33)23-21-9-7-2)27-38-39(35,36)37-26-25-32(3,4)5/h11-12,14-15,21,23,28-29,33H,6-10,13,16-20,22,24-27H2,1-5H3,(H-,31,34,35,36)/b12-11-,15-14-,23-21+. The third kappa shape index (κ3) is 25.4. The summed E-state index contributed by atoms with van der Waals surface area (Å²) >= 11 is 0.